The highest BCUT2D eigenvalue weighted by atomic mass is 16.8. The van der Waals surface area contributed by atoms with E-state index in [-0.39, 0.29) is 0 Å². The molecule has 0 aromatic rings. The normalized spacial score (nSPS) is 51.0. The Morgan fingerprint density at radius 1 is 0.301 bits per heavy atom. The van der Waals surface area contributed by atoms with E-state index in [0.29, 0.717) is 0 Å². The number of hydrogen-bond donors (Lipinski definition) is 19. The lowest BCUT2D eigenvalue weighted by atomic mass is 9.93. The topological polar surface area (TPSA) is 521 Å². The van der Waals surface area contributed by atoms with E-state index in [1.807, 2.05) is 0 Å². The van der Waals surface area contributed by atoms with Crippen LogP contribution in [0.15, 0.2) is 0 Å². The van der Waals surface area contributed by atoms with Crippen LogP contribution in [0.25, 0.3) is 0 Å². The molecule has 22 saturated heterocycles. The Labute approximate surface area is 411 Å². The minimum absolute atomic E-state index is 0.704. The number of rotatable bonds is 10. The number of carbonyl (C=O) groups excluding carboxylic acids is 1. The van der Waals surface area contributed by atoms with Crippen molar-refractivity contribution in [2.24, 2.45) is 0 Å². The van der Waals surface area contributed by atoms with Gasteiger partial charge in [-0.05, 0) is 0 Å². The summed E-state index contributed by atoms with van der Waals surface area (Å²) in [5.74, 6) is -2.45. The van der Waals surface area contributed by atoms with Gasteiger partial charge in [0.15, 0.2) is 37.7 Å². The summed E-state index contributed by atoms with van der Waals surface area (Å²) in [5.41, 5.74) is 0. The molecule has 33 nitrogen and oxygen atoms in total. The molecule has 22 heterocycles. The second kappa shape index (κ2) is 25.1. The number of hydrogen-bond acceptors (Lipinski definition) is 31. The Bertz CT molecular complexity index is 1760. The Morgan fingerprint density at radius 3 is 0.753 bits per heavy atom. The van der Waals surface area contributed by atoms with Crippen molar-refractivity contribution >= 4 is 11.9 Å². The van der Waals surface area contributed by atoms with E-state index < -0.39 is 249 Å². The van der Waals surface area contributed by atoms with Crippen molar-refractivity contribution in [3.8, 4) is 0 Å². The summed E-state index contributed by atoms with van der Waals surface area (Å²) < 4.78 is 68.7. The highest BCUT2D eigenvalue weighted by Crippen LogP contribution is 2.38. The summed E-state index contributed by atoms with van der Waals surface area (Å²) in [6.45, 7) is -6.29. The van der Waals surface area contributed by atoms with Crippen LogP contribution in [0, 0.1) is 0 Å². The third-order valence-electron chi connectivity index (χ3n) is 13.6. The van der Waals surface area contributed by atoms with Crippen LogP contribution in [0.1, 0.15) is 12.8 Å². The molecule has 0 spiro atoms. The molecule has 0 unspecified atom stereocenters. The molecule has 22 aliphatic rings. The molecule has 19 N–H and O–H groups in total. The van der Waals surface area contributed by atoms with Crippen molar-refractivity contribution in [3.05, 3.63) is 0 Å². The van der Waals surface area contributed by atoms with Crippen LogP contribution in [-0.2, 0) is 66.4 Å². The zero-order valence-corrected chi connectivity index (χ0v) is 38.2. The molecule has 0 radical (unpaired) electrons. The third-order valence-corrected chi connectivity index (χ3v) is 13.6. The number of aliphatic carboxylic acids is 1. The van der Waals surface area contributed by atoms with Gasteiger partial charge in [-0.15, -0.1) is 0 Å². The van der Waals surface area contributed by atoms with Crippen molar-refractivity contribution in [1.29, 1.82) is 0 Å². The van der Waals surface area contributed by atoms with Crippen LogP contribution >= 0.6 is 0 Å². The lowest BCUT2D eigenvalue weighted by Crippen LogP contribution is -2.70. The van der Waals surface area contributed by atoms with Crippen LogP contribution in [0.3, 0.4) is 0 Å². The fourth-order valence-corrected chi connectivity index (χ4v) is 9.60. The van der Waals surface area contributed by atoms with Gasteiger partial charge in [-0.3, -0.25) is 9.59 Å². The molecule has 0 aromatic heterocycles. The number of aliphatic hydroxyl groups is 17. The largest absolute Gasteiger partial charge is 0.481 e. The van der Waals surface area contributed by atoms with Crippen LogP contribution in [0.2, 0.25) is 0 Å². The van der Waals surface area contributed by atoms with Crippen molar-refractivity contribution in [3.63, 3.8) is 0 Å². The second-order valence-corrected chi connectivity index (χ2v) is 18.3. The van der Waals surface area contributed by atoms with Crippen molar-refractivity contribution in [1.82, 2.24) is 5.32 Å². The van der Waals surface area contributed by atoms with E-state index in [1.54, 1.807) is 0 Å². The summed E-state index contributed by atoms with van der Waals surface area (Å²) in [4.78, 5) is 24.5. The standard InChI is InChI=1S/C40H65NO32/c42-3-9-29-17(41-15(48)1-2-16(49)50)18(51)35(62-9)69-30-10(4-43)64-37(25(58)20(30)53)71-32-12(6-45)66-39(27(60)22(32)55)73-34-14(8-47)67-40(28(61)23(34)56)72-33-13(7-46)65-38(26(59)21(33)54)70-31-11(5-44)63-36(68-29)24(57)19(31)52/h9-14,17-40,42-47,51-61H,1-8H2,(H,41,48)(H,49,50)/t9-,10-,11-,12-,13-,14-,17-,18-,19-,20-,21-,22-,23-,24-,25-,26-,27-,28-,29-,30-,31-,32-,33-,34-,35-,36-,37-,38-,39-,40-/m1/s1. The van der Waals surface area contributed by atoms with Gasteiger partial charge in [-0.2, -0.15) is 0 Å². The van der Waals surface area contributed by atoms with Crippen LogP contribution in [0.5, 0.6) is 0 Å². The summed E-state index contributed by atoms with van der Waals surface area (Å²) in [6, 6.07) is -1.86. The average Bonchev–Trinajstić information content (AvgIpc) is 3.37. The number of ether oxygens (including phenoxy) is 12. The Morgan fingerprint density at radius 2 is 0.521 bits per heavy atom. The van der Waals surface area contributed by atoms with E-state index >= 15 is 0 Å². The van der Waals surface area contributed by atoms with Crippen molar-refractivity contribution in [2.45, 2.75) is 197 Å². The smallest absolute Gasteiger partial charge is 0.303 e. The summed E-state index contributed by atoms with van der Waals surface area (Å²) in [5, 5.41) is 199. The molecule has 1 amide bonds. The summed E-state index contributed by atoms with van der Waals surface area (Å²) >= 11 is 0. The fourth-order valence-electron chi connectivity index (χ4n) is 9.60. The number of carboxylic acid groups (broad SMARTS) is 1. The molecular weight excluding hydrogens is 1010 g/mol. The van der Waals surface area contributed by atoms with E-state index in [4.69, 9.17) is 56.8 Å². The highest BCUT2D eigenvalue weighted by molar-refractivity contribution is 5.80. The average molecular weight is 1070 g/mol. The Hall–Kier alpha value is -2.22. The highest BCUT2D eigenvalue weighted by Gasteiger charge is 2.59. The summed E-state index contributed by atoms with van der Waals surface area (Å²) in [6.07, 6.45) is -59.5. The minimum Gasteiger partial charge on any atom is -0.481 e. The van der Waals surface area contributed by atoms with Gasteiger partial charge in [0.05, 0.1) is 52.1 Å². The van der Waals surface area contributed by atoms with E-state index in [9.17, 15) is 102 Å². The van der Waals surface area contributed by atoms with Crippen LogP contribution < -0.4 is 5.32 Å². The monoisotopic (exact) mass is 1070 g/mol. The molecule has 73 heavy (non-hydrogen) atoms. The molecule has 12 bridgehead atoms. The molecule has 22 rings (SSSR count). The van der Waals surface area contributed by atoms with Gasteiger partial charge >= 0.3 is 5.97 Å². The number of carboxylic acids is 1. The van der Waals surface area contributed by atoms with Gasteiger partial charge in [0.2, 0.25) is 5.91 Å². The SMILES string of the molecule is O=C(O)CCC(=O)N[C@@H]1[C@@H](O)[C@H]2O[C@H]3[C@H](O)[C@@H](O)[C@@H](O[C@H]4[C@H](O)[C@@H](O)[C@@H](O[C@H]5[C@H](O)[C@@H](O)[C@@H](O[C@H]6[C@H](O)[C@@H](O)[C@@H](O[C@H]7[C@H](O)[C@@H](O)[C@@H](O[C@@H]1[C@@H](CO)O2)O[C@@H]7CO)O[C@@H]6CO)O[C@@H]5CO)O[C@@H]4CO)O[C@@H]3CO. The molecule has 0 aromatic carbocycles. The first kappa shape index (κ1) is 58.5. The zero-order valence-electron chi connectivity index (χ0n) is 38.2. The number of carbonyl (C=O) groups is 2. The summed E-state index contributed by atoms with van der Waals surface area (Å²) in [7, 11) is 0. The van der Waals surface area contributed by atoms with E-state index in [0.717, 1.165) is 0 Å². The van der Waals surface area contributed by atoms with Crippen molar-refractivity contribution < 1.29 is 158 Å². The predicted octanol–water partition coefficient (Wildman–Crippen LogP) is -13.1. The first-order chi connectivity index (χ1) is 34.7. The lowest BCUT2D eigenvalue weighted by molar-refractivity contribution is -0.401. The van der Waals surface area contributed by atoms with Gasteiger partial charge in [0, 0.05) is 6.42 Å². The maximum Gasteiger partial charge on any atom is 0.303 e. The molecule has 0 aliphatic carbocycles. The third kappa shape index (κ3) is 12.1. The Balaban J connectivity index is 1.23. The number of aliphatic hydroxyl groups excluding tert-OH is 17. The van der Waals surface area contributed by atoms with Gasteiger partial charge in [-0.1, -0.05) is 0 Å². The predicted molar refractivity (Wildman–Crippen MR) is 219 cm³/mol. The molecule has 33 heteroatoms. The maximum atomic E-state index is 13.1. The molecule has 22 fully saturated rings. The van der Waals surface area contributed by atoms with Gasteiger partial charge in [0.1, 0.15) is 140 Å². The zero-order chi connectivity index (χ0) is 53.3. The fraction of sp³-hybridized carbons (Fsp3) is 0.950. The van der Waals surface area contributed by atoms with Gasteiger partial charge < -0.3 is 154 Å². The van der Waals surface area contributed by atoms with E-state index in [1.165, 1.54) is 0 Å². The van der Waals surface area contributed by atoms with Crippen LogP contribution in [0.4, 0.5) is 0 Å². The van der Waals surface area contributed by atoms with Crippen LogP contribution in [-0.4, -0.2) is 328 Å². The molecule has 30 atom stereocenters. The second-order valence-electron chi connectivity index (χ2n) is 18.3. The number of nitrogens with one attached hydrogen (secondary N) is 1. The first-order valence-corrected chi connectivity index (χ1v) is 23.2. The molecule has 22 aliphatic heterocycles. The maximum absolute atomic E-state index is 13.1. The lowest BCUT2D eigenvalue weighted by Gasteiger charge is -2.51. The molecule has 0 saturated carbocycles. The minimum atomic E-state index is -2.24. The van der Waals surface area contributed by atoms with Crippen molar-refractivity contribution in [2.75, 3.05) is 39.6 Å². The Kier molecular flexibility index (Phi) is 20.1. The first-order valence-electron chi connectivity index (χ1n) is 23.2. The quantitative estimate of drug-likeness (QED) is 0.0966. The molecular formula is C40H65NO32. The molecule has 422 valence electrons. The van der Waals surface area contributed by atoms with Gasteiger partial charge in [0.25, 0.3) is 0 Å². The van der Waals surface area contributed by atoms with Gasteiger partial charge in [-0.25, -0.2) is 0 Å². The number of amides is 1. The van der Waals surface area contributed by atoms with E-state index in [2.05, 4.69) is 5.32 Å².